The lowest BCUT2D eigenvalue weighted by Gasteiger charge is -2.44. The van der Waals surface area contributed by atoms with Crippen LogP contribution in [0.2, 0.25) is 0 Å². The van der Waals surface area contributed by atoms with Gasteiger partial charge in [-0.3, -0.25) is 0 Å². The molecule has 19 heavy (non-hydrogen) atoms. The first-order valence-corrected chi connectivity index (χ1v) is 7.62. The highest BCUT2D eigenvalue weighted by Gasteiger charge is 2.43. The first-order valence-electron chi connectivity index (χ1n) is 7.62. The van der Waals surface area contributed by atoms with E-state index in [2.05, 4.69) is 32.2 Å². The zero-order valence-electron chi connectivity index (χ0n) is 12.4. The molecule has 1 aromatic heterocycles. The van der Waals surface area contributed by atoms with Crippen molar-refractivity contribution in [2.75, 3.05) is 13.2 Å². The highest BCUT2D eigenvalue weighted by Crippen LogP contribution is 2.43. The van der Waals surface area contributed by atoms with Gasteiger partial charge in [0.15, 0.2) is 0 Å². The van der Waals surface area contributed by atoms with E-state index >= 15 is 0 Å². The lowest BCUT2D eigenvalue weighted by Crippen LogP contribution is -2.48. The Morgan fingerprint density at radius 2 is 2.16 bits per heavy atom. The maximum atomic E-state index is 6.23. The molecular weight excluding hydrogens is 238 g/mol. The smallest absolute Gasteiger partial charge is 0.123 e. The molecule has 0 radical (unpaired) electrons. The third-order valence-electron chi connectivity index (χ3n) is 4.31. The van der Waals surface area contributed by atoms with Crippen molar-refractivity contribution >= 4 is 0 Å². The van der Waals surface area contributed by atoms with Crippen molar-refractivity contribution in [3.05, 3.63) is 24.2 Å². The SMILES string of the molecule is CCNC(c1ccco1)C1(OCC)CCC(C)CC1. The number of furan rings is 1. The Morgan fingerprint density at radius 1 is 1.42 bits per heavy atom. The van der Waals surface area contributed by atoms with Crippen LogP contribution >= 0.6 is 0 Å². The van der Waals surface area contributed by atoms with Gasteiger partial charge in [-0.1, -0.05) is 13.8 Å². The second-order valence-corrected chi connectivity index (χ2v) is 5.69. The normalized spacial score (nSPS) is 29.3. The van der Waals surface area contributed by atoms with Crippen molar-refractivity contribution in [2.24, 2.45) is 5.92 Å². The summed E-state index contributed by atoms with van der Waals surface area (Å²) >= 11 is 0. The van der Waals surface area contributed by atoms with Gasteiger partial charge in [-0.25, -0.2) is 0 Å². The van der Waals surface area contributed by atoms with E-state index in [4.69, 9.17) is 9.15 Å². The topological polar surface area (TPSA) is 34.4 Å². The van der Waals surface area contributed by atoms with Crippen LogP contribution in [-0.4, -0.2) is 18.8 Å². The molecule has 3 nitrogen and oxygen atoms in total. The fraction of sp³-hybridized carbons (Fsp3) is 0.750. The number of hydrogen-bond donors (Lipinski definition) is 1. The molecule has 0 amide bonds. The summed E-state index contributed by atoms with van der Waals surface area (Å²) in [5.74, 6) is 1.82. The highest BCUT2D eigenvalue weighted by atomic mass is 16.5. The number of rotatable bonds is 6. The Labute approximate surface area is 116 Å². The van der Waals surface area contributed by atoms with E-state index < -0.39 is 0 Å². The molecule has 2 rings (SSSR count). The van der Waals surface area contributed by atoms with E-state index in [0.717, 1.165) is 37.7 Å². The molecule has 1 aliphatic rings. The van der Waals surface area contributed by atoms with Gasteiger partial charge in [0.1, 0.15) is 5.76 Å². The Hall–Kier alpha value is -0.800. The van der Waals surface area contributed by atoms with Crippen molar-refractivity contribution in [2.45, 2.75) is 58.1 Å². The molecule has 0 saturated heterocycles. The van der Waals surface area contributed by atoms with E-state index in [1.54, 1.807) is 6.26 Å². The minimum Gasteiger partial charge on any atom is -0.468 e. The summed E-state index contributed by atoms with van der Waals surface area (Å²) in [4.78, 5) is 0. The van der Waals surface area contributed by atoms with Crippen LogP contribution in [0.25, 0.3) is 0 Å². The second kappa shape index (κ2) is 6.58. The molecule has 108 valence electrons. The minimum atomic E-state index is -0.102. The standard InChI is InChI=1S/C16H27NO2/c1-4-17-15(14-7-6-12-18-14)16(19-5-2)10-8-13(3)9-11-16/h6-7,12-13,15,17H,4-5,8-11H2,1-3H3. The van der Waals surface area contributed by atoms with Gasteiger partial charge in [0.2, 0.25) is 0 Å². The van der Waals surface area contributed by atoms with Crippen LogP contribution in [0.4, 0.5) is 0 Å². The van der Waals surface area contributed by atoms with Crippen molar-refractivity contribution in [3.63, 3.8) is 0 Å². The molecule has 1 fully saturated rings. The van der Waals surface area contributed by atoms with Gasteiger partial charge in [-0.05, 0) is 57.2 Å². The summed E-state index contributed by atoms with van der Waals surface area (Å²) in [6, 6.07) is 4.19. The van der Waals surface area contributed by atoms with Gasteiger partial charge in [0.05, 0.1) is 17.9 Å². The number of nitrogens with one attached hydrogen (secondary N) is 1. The molecule has 0 aliphatic heterocycles. The van der Waals surface area contributed by atoms with Crippen LogP contribution in [0.3, 0.4) is 0 Å². The van der Waals surface area contributed by atoms with Crippen molar-refractivity contribution < 1.29 is 9.15 Å². The molecule has 1 aromatic rings. The van der Waals surface area contributed by atoms with E-state index in [1.807, 2.05) is 6.07 Å². The average Bonchev–Trinajstić information content (AvgIpc) is 2.93. The first-order chi connectivity index (χ1) is 9.22. The minimum absolute atomic E-state index is 0.102. The summed E-state index contributed by atoms with van der Waals surface area (Å²) in [7, 11) is 0. The molecule has 0 aromatic carbocycles. The van der Waals surface area contributed by atoms with Gasteiger partial charge in [0, 0.05) is 6.61 Å². The van der Waals surface area contributed by atoms with E-state index in [1.165, 1.54) is 12.8 Å². The van der Waals surface area contributed by atoms with Gasteiger partial charge < -0.3 is 14.5 Å². The maximum Gasteiger partial charge on any atom is 0.123 e. The molecule has 1 heterocycles. The summed E-state index contributed by atoms with van der Waals surface area (Å²) < 4.78 is 11.9. The fourth-order valence-corrected chi connectivity index (χ4v) is 3.26. The first kappa shape index (κ1) is 14.6. The predicted molar refractivity (Wildman–Crippen MR) is 77.1 cm³/mol. The third-order valence-corrected chi connectivity index (χ3v) is 4.31. The summed E-state index contributed by atoms with van der Waals surface area (Å²) in [5, 5.41) is 3.58. The third kappa shape index (κ3) is 3.21. The average molecular weight is 265 g/mol. The van der Waals surface area contributed by atoms with E-state index in [-0.39, 0.29) is 11.6 Å². The molecule has 1 atom stereocenters. The summed E-state index contributed by atoms with van der Waals surface area (Å²) in [6.07, 6.45) is 6.46. The number of likely N-dealkylation sites (N-methyl/N-ethyl adjacent to an activating group) is 1. The Morgan fingerprint density at radius 3 is 2.68 bits per heavy atom. The molecule has 1 unspecified atom stereocenters. The maximum absolute atomic E-state index is 6.23. The second-order valence-electron chi connectivity index (χ2n) is 5.69. The van der Waals surface area contributed by atoms with E-state index in [9.17, 15) is 0 Å². The van der Waals surface area contributed by atoms with Crippen LogP contribution < -0.4 is 5.32 Å². The Kier molecular flexibility index (Phi) is 5.06. The van der Waals surface area contributed by atoms with Gasteiger partial charge in [-0.15, -0.1) is 0 Å². The van der Waals surface area contributed by atoms with Crippen molar-refractivity contribution in [1.29, 1.82) is 0 Å². The lowest BCUT2D eigenvalue weighted by molar-refractivity contribution is -0.101. The van der Waals surface area contributed by atoms with Gasteiger partial charge in [0.25, 0.3) is 0 Å². The Bertz CT molecular complexity index is 353. The molecule has 1 N–H and O–H groups in total. The molecule has 1 aliphatic carbocycles. The molecular formula is C16H27NO2. The quantitative estimate of drug-likeness (QED) is 0.846. The molecule has 1 saturated carbocycles. The molecule has 3 heteroatoms. The molecule has 0 bridgehead atoms. The van der Waals surface area contributed by atoms with Crippen LogP contribution in [0.15, 0.2) is 22.8 Å². The van der Waals surface area contributed by atoms with Gasteiger partial charge >= 0.3 is 0 Å². The summed E-state index contributed by atoms with van der Waals surface area (Å²) in [6.45, 7) is 8.25. The van der Waals surface area contributed by atoms with Crippen LogP contribution in [0.5, 0.6) is 0 Å². The highest BCUT2D eigenvalue weighted by molar-refractivity contribution is 5.12. The largest absolute Gasteiger partial charge is 0.468 e. The lowest BCUT2D eigenvalue weighted by atomic mass is 9.74. The van der Waals surface area contributed by atoms with Gasteiger partial charge in [-0.2, -0.15) is 0 Å². The predicted octanol–water partition coefficient (Wildman–Crippen LogP) is 3.92. The van der Waals surface area contributed by atoms with Crippen LogP contribution in [0.1, 0.15) is 58.3 Å². The van der Waals surface area contributed by atoms with Crippen LogP contribution in [0, 0.1) is 5.92 Å². The zero-order valence-corrected chi connectivity index (χ0v) is 12.4. The van der Waals surface area contributed by atoms with Crippen LogP contribution in [-0.2, 0) is 4.74 Å². The Balaban J connectivity index is 2.23. The fourth-order valence-electron chi connectivity index (χ4n) is 3.26. The summed E-state index contributed by atoms with van der Waals surface area (Å²) in [5.41, 5.74) is -0.102. The zero-order chi connectivity index (χ0) is 13.7. The number of ether oxygens (including phenoxy) is 1. The molecule has 0 spiro atoms. The number of hydrogen-bond acceptors (Lipinski definition) is 3. The van der Waals surface area contributed by atoms with Crippen molar-refractivity contribution in [1.82, 2.24) is 5.32 Å². The van der Waals surface area contributed by atoms with Crippen molar-refractivity contribution in [3.8, 4) is 0 Å². The van der Waals surface area contributed by atoms with E-state index in [0.29, 0.717) is 0 Å². The monoisotopic (exact) mass is 265 g/mol.